The highest BCUT2D eigenvalue weighted by atomic mass is 32.2. The highest BCUT2D eigenvalue weighted by Gasteiger charge is 2.39. The maximum Gasteiger partial charge on any atom is 0.205 e. The Labute approximate surface area is 135 Å². The van der Waals surface area contributed by atoms with Gasteiger partial charge in [-0.2, -0.15) is 0 Å². The predicted molar refractivity (Wildman–Crippen MR) is 87.5 cm³/mol. The van der Waals surface area contributed by atoms with Crippen LogP contribution in [0.2, 0.25) is 0 Å². The van der Waals surface area contributed by atoms with E-state index in [-0.39, 0.29) is 4.90 Å². The average molecular weight is 331 g/mol. The molecule has 0 spiro atoms. The van der Waals surface area contributed by atoms with Gasteiger partial charge in [0.2, 0.25) is 9.84 Å². The molecule has 2 aromatic carbocycles. The zero-order valence-corrected chi connectivity index (χ0v) is 13.7. The van der Waals surface area contributed by atoms with Crippen molar-refractivity contribution in [2.24, 2.45) is 4.99 Å². The van der Waals surface area contributed by atoms with Crippen LogP contribution in [0.1, 0.15) is 17.2 Å². The van der Waals surface area contributed by atoms with E-state index in [1.54, 1.807) is 55.6 Å². The Bertz CT molecular complexity index is 811. The van der Waals surface area contributed by atoms with Crippen LogP contribution < -0.4 is 4.74 Å². The summed E-state index contributed by atoms with van der Waals surface area (Å²) in [7, 11) is -2.04. The molecule has 0 saturated carbocycles. The number of ether oxygens (including phenoxy) is 2. The van der Waals surface area contributed by atoms with Crippen molar-refractivity contribution >= 4 is 16.2 Å². The van der Waals surface area contributed by atoms with Crippen molar-refractivity contribution in [2.75, 3.05) is 7.11 Å². The van der Waals surface area contributed by atoms with E-state index >= 15 is 0 Å². The number of sulfone groups is 1. The summed E-state index contributed by atoms with van der Waals surface area (Å²) < 4.78 is 36.2. The summed E-state index contributed by atoms with van der Waals surface area (Å²) in [5, 5.41) is -0.987. The van der Waals surface area contributed by atoms with E-state index in [1.807, 2.05) is 6.92 Å². The van der Waals surface area contributed by atoms with Gasteiger partial charge in [-0.3, -0.25) is 0 Å². The second-order valence-corrected chi connectivity index (χ2v) is 7.38. The van der Waals surface area contributed by atoms with Crippen LogP contribution in [0.15, 0.2) is 58.4 Å². The fourth-order valence-electron chi connectivity index (χ4n) is 2.45. The molecule has 0 bridgehead atoms. The molecule has 1 heterocycles. The van der Waals surface area contributed by atoms with Crippen LogP contribution in [0.25, 0.3) is 0 Å². The van der Waals surface area contributed by atoms with Gasteiger partial charge in [0.15, 0.2) is 17.9 Å². The minimum atomic E-state index is -3.62. The highest BCUT2D eigenvalue weighted by molar-refractivity contribution is 7.92. The number of rotatable bonds is 4. The van der Waals surface area contributed by atoms with E-state index in [0.29, 0.717) is 5.75 Å². The van der Waals surface area contributed by atoms with Crippen LogP contribution in [-0.2, 0) is 14.6 Å². The van der Waals surface area contributed by atoms with Crippen molar-refractivity contribution in [3.8, 4) is 5.75 Å². The average Bonchev–Trinajstić information content (AvgIpc) is 3.06. The lowest BCUT2D eigenvalue weighted by Crippen LogP contribution is -2.24. The van der Waals surface area contributed by atoms with Crippen molar-refractivity contribution in [3.05, 3.63) is 59.7 Å². The van der Waals surface area contributed by atoms with Crippen molar-refractivity contribution in [1.29, 1.82) is 0 Å². The molecule has 0 aromatic heterocycles. The number of benzene rings is 2. The van der Waals surface area contributed by atoms with Gasteiger partial charge >= 0.3 is 0 Å². The molecule has 3 rings (SSSR count). The summed E-state index contributed by atoms with van der Waals surface area (Å²) in [4.78, 5) is 4.28. The molecule has 0 amide bonds. The van der Waals surface area contributed by atoms with E-state index in [2.05, 4.69) is 4.99 Å². The highest BCUT2D eigenvalue weighted by Crippen LogP contribution is 2.34. The van der Waals surface area contributed by atoms with E-state index in [4.69, 9.17) is 9.47 Å². The second kappa shape index (κ2) is 6.04. The van der Waals surface area contributed by atoms with Crippen molar-refractivity contribution < 1.29 is 17.9 Å². The summed E-state index contributed by atoms with van der Waals surface area (Å²) in [5.74, 6) is 0.700. The molecule has 0 N–H and O–H groups in total. The molecule has 6 heteroatoms. The molecule has 0 saturated heterocycles. The third-order valence-electron chi connectivity index (χ3n) is 3.79. The fraction of sp³-hybridized carbons (Fsp3) is 0.235. The minimum Gasteiger partial charge on any atom is -0.497 e. The van der Waals surface area contributed by atoms with Gasteiger partial charge in [0.1, 0.15) is 5.75 Å². The molecule has 0 fully saturated rings. The molecule has 2 atom stereocenters. The van der Waals surface area contributed by atoms with Crippen LogP contribution in [0, 0.1) is 6.92 Å². The van der Waals surface area contributed by atoms with Gasteiger partial charge in [0.05, 0.1) is 12.0 Å². The summed E-state index contributed by atoms with van der Waals surface area (Å²) in [6, 6.07) is 13.9. The van der Waals surface area contributed by atoms with Gasteiger partial charge < -0.3 is 9.47 Å². The first-order valence-electron chi connectivity index (χ1n) is 7.14. The molecule has 120 valence electrons. The number of hydrogen-bond acceptors (Lipinski definition) is 5. The van der Waals surface area contributed by atoms with E-state index < -0.39 is 21.3 Å². The van der Waals surface area contributed by atoms with E-state index in [1.165, 1.54) is 6.40 Å². The summed E-state index contributed by atoms with van der Waals surface area (Å²) in [6.45, 7) is 1.91. The summed E-state index contributed by atoms with van der Waals surface area (Å²) in [6.07, 6.45) is 0.554. The normalized spacial score (nSPS) is 20.3. The largest absolute Gasteiger partial charge is 0.497 e. The Kier molecular flexibility index (Phi) is 4.09. The zero-order valence-electron chi connectivity index (χ0n) is 12.8. The molecular formula is C17H17NO4S. The third kappa shape index (κ3) is 2.94. The number of aliphatic imine (C=N–C) groups is 1. The van der Waals surface area contributed by atoms with Crippen LogP contribution in [-0.4, -0.2) is 27.3 Å². The van der Waals surface area contributed by atoms with Gasteiger partial charge in [-0.05, 0) is 36.8 Å². The molecule has 23 heavy (non-hydrogen) atoms. The van der Waals surface area contributed by atoms with Gasteiger partial charge in [0, 0.05) is 0 Å². The minimum absolute atomic E-state index is 0.245. The van der Waals surface area contributed by atoms with Gasteiger partial charge in [-0.25, -0.2) is 13.4 Å². The molecule has 0 aliphatic carbocycles. The van der Waals surface area contributed by atoms with Crippen molar-refractivity contribution in [3.63, 3.8) is 0 Å². The summed E-state index contributed by atoms with van der Waals surface area (Å²) in [5.41, 5.74) is 1.74. The number of methoxy groups -OCH3 is 1. The maximum absolute atomic E-state index is 12.8. The Morgan fingerprint density at radius 1 is 1.04 bits per heavy atom. The number of hydrogen-bond donors (Lipinski definition) is 0. The van der Waals surface area contributed by atoms with Crippen LogP contribution in [0.4, 0.5) is 0 Å². The Balaban J connectivity index is 1.93. The van der Waals surface area contributed by atoms with E-state index in [0.717, 1.165) is 11.1 Å². The fourth-order valence-corrected chi connectivity index (χ4v) is 4.00. The van der Waals surface area contributed by atoms with Gasteiger partial charge in [-0.15, -0.1) is 0 Å². The predicted octanol–water partition coefficient (Wildman–Crippen LogP) is 2.90. The first-order valence-corrected chi connectivity index (χ1v) is 8.68. The second-order valence-electron chi connectivity index (χ2n) is 5.33. The first kappa shape index (κ1) is 15.6. The smallest absolute Gasteiger partial charge is 0.205 e. The summed E-state index contributed by atoms with van der Waals surface area (Å²) >= 11 is 0. The standard InChI is InChI=1S/C17H17NO4S/c1-12-3-9-15(10-4-12)23(19,20)17-16(22-11-18-17)13-5-7-14(21-2)8-6-13/h3-11,16-17H,1-2H3/t16-,17-/m0/s1. The number of aryl methyl sites for hydroxylation is 1. The van der Waals surface area contributed by atoms with Gasteiger partial charge in [0.25, 0.3) is 0 Å². The molecule has 1 aliphatic heterocycles. The quantitative estimate of drug-likeness (QED) is 0.864. The maximum atomic E-state index is 12.8. The zero-order chi connectivity index (χ0) is 16.4. The van der Waals surface area contributed by atoms with Crippen LogP contribution in [0.5, 0.6) is 5.75 Å². The molecule has 2 aromatic rings. The third-order valence-corrected chi connectivity index (χ3v) is 5.72. The van der Waals surface area contributed by atoms with Crippen molar-refractivity contribution in [2.45, 2.75) is 23.3 Å². The van der Waals surface area contributed by atoms with E-state index in [9.17, 15) is 8.42 Å². The lowest BCUT2D eigenvalue weighted by Gasteiger charge is -2.18. The van der Waals surface area contributed by atoms with Crippen LogP contribution >= 0.6 is 0 Å². The molecule has 5 nitrogen and oxygen atoms in total. The van der Waals surface area contributed by atoms with Crippen molar-refractivity contribution in [1.82, 2.24) is 0 Å². The Morgan fingerprint density at radius 3 is 2.30 bits per heavy atom. The molecule has 1 aliphatic rings. The SMILES string of the molecule is COc1ccc([C@@H]2OC=N[C@H]2S(=O)(=O)c2ccc(C)cc2)cc1. The Morgan fingerprint density at radius 2 is 1.70 bits per heavy atom. The lowest BCUT2D eigenvalue weighted by atomic mass is 10.1. The topological polar surface area (TPSA) is 65.0 Å². The molecule has 0 unspecified atom stereocenters. The van der Waals surface area contributed by atoms with Crippen LogP contribution in [0.3, 0.4) is 0 Å². The Hall–Kier alpha value is -2.34. The monoisotopic (exact) mass is 331 g/mol. The number of nitrogens with zero attached hydrogens (tertiary/aromatic N) is 1. The first-order chi connectivity index (χ1) is 11.0. The molecule has 0 radical (unpaired) electrons. The lowest BCUT2D eigenvalue weighted by molar-refractivity contribution is 0.227. The van der Waals surface area contributed by atoms with Gasteiger partial charge in [-0.1, -0.05) is 29.8 Å². The molecular weight excluding hydrogens is 314 g/mol.